The Morgan fingerprint density at radius 1 is 1.27 bits per heavy atom. The zero-order chi connectivity index (χ0) is 16.3. The third-order valence-electron chi connectivity index (χ3n) is 4.58. The van der Waals surface area contributed by atoms with Gasteiger partial charge in [-0.1, -0.05) is 13.8 Å². The van der Waals surface area contributed by atoms with Crippen LogP contribution in [-0.4, -0.2) is 49.7 Å². The highest BCUT2D eigenvalue weighted by Gasteiger charge is 2.39. The molecule has 1 heterocycles. The molecule has 122 valence electrons. The number of hydrogen-bond acceptors (Lipinski definition) is 4. The van der Waals surface area contributed by atoms with Gasteiger partial charge in [-0.15, -0.1) is 0 Å². The Labute approximate surface area is 139 Å². The third-order valence-corrected chi connectivity index (χ3v) is 6.78. The van der Waals surface area contributed by atoms with Gasteiger partial charge >= 0.3 is 0 Å². The quantitative estimate of drug-likeness (QED) is 0.550. The molecule has 0 bridgehead atoms. The van der Waals surface area contributed by atoms with Crippen molar-refractivity contribution in [1.29, 1.82) is 0 Å². The Kier molecular flexibility index (Phi) is 6.26. The summed E-state index contributed by atoms with van der Waals surface area (Å²) in [5.41, 5.74) is 0.452. The molecular formula is C16H25NO3SSi. The lowest BCUT2D eigenvalue weighted by molar-refractivity contribution is -0.139. The highest BCUT2D eigenvalue weighted by atomic mass is 32.2. The van der Waals surface area contributed by atoms with E-state index < -0.39 is 0 Å². The van der Waals surface area contributed by atoms with Crippen molar-refractivity contribution in [3.63, 3.8) is 0 Å². The fraction of sp³-hybridized carbons (Fsp3) is 0.812. The summed E-state index contributed by atoms with van der Waals surface area (Å²) in [6, 6.07) is 0. The molecule has 22 heavy (non-hydrogen) atoms. The Morgan fingerprint density at radius 3 is 2.41 bits per heavy atom. The molecule has 2 radical (unpaired) electrons. The van der Waals surface area contributed by atoms with Crippen molar-refractivity contribution in [2.24, 2.45) is 11.8 Å². The molecule has 0 spiro atoms. The van der Waals surface area contributed by atoms with Gasteiger partial charge in [0.1, 0.15) is 14.9 Å². The van der Waals surface area contributed by atoms with Crippen molar-refractivity contribution in [3.8, 4) is 0 Å². The predicted molar refractivity (Wildman–Crippen MR) is 89.9 cm³/mol. The summed E-state index contributed by atoms with van der Waals surface area (Å²) in [7, 11) is 0.420. The molecule has 2 rings (SSSR count). The van der Waals surface area contributed by atoms with Gasteiger partial charge in [0.05, 0.1) is 5.25 Å². The minimum absolute atomic E-state index is 0.0167. The first kappa shape index (κ1) is 17.7. The Bertz CT molecular complexity index is 447. The van der Waals surface area contributed by atoms with Crippen LogP contribution in [0.1, 0.15) is 46.0 Å². The molecule has 1 aliphatic heterocycles. The minimum Gasteiger partial charge on any atom is -0.306 e. The van der Waals surface area contributed by atoms with Crippen molar-refractivity contribution < 1.29 is 14.4 Å². The summed E-state index contributed by atoms with van der Waals surface area (Å²) in [5.74, 6) is 0.543. The Balaban J connectivity index is 1.81. The fourth-order valence-corrected chi connectivity index (χ4v) is 5.03. The van der Waals surface area contributed by atoms with Crippen LogP contribution in [0.4, 0.5) is 0 Å². The number of nitrogens with zero attached hydrogens (tertiary/aromatic N) is 1. The second-order valence-electron chi connectivity index (χ2n) is 6.65. The number of hydrogen-bond donors (Lipinski definition) is 0. The van der Waals surface area contributed by atoms with Crippen LogP contribution < -0.4 is 0 Å². The number of likely N-dealkylation sites (tertiary alicyclic amines) is 1. The van der Waals surface area contributed by atoms with Crippen LogP contribution in [-0.2, 0) is 14.4 Å². The Hall–Kier alpha value is -0.623. The predicted octanol–water partition coefficient (Wildman–Crippen LogP) is 2.34. The van der Waals surface area contributed by atoms with Crippen LogP contribution in [0.15, 0.2) is 0 Å². The van der Waals surface area contributed by atoms with Crippen LogP contribution >= 0.6 is 11.8 Å². The zero-order valence-electron chi connectivity index (χ0n) is 13.6. The number of thioether (sulfide) groups is 1. The standard InChI is InChI=1S/C16H25NO3SSi/c1-10(2)22-16(20)12-6-4-11(5-7-12)9-17-14(18)8-13(21-3)15(17)19/h10-13H,4-9H2,1-3H3. The number of rotatable bonds is 6. The first-order valence-electron chi connectivity index (χ1n) is 8.09. The van der Waals surface area contributed by atoms with Crippen LogP contribution in [0.25, 0.3) is 0 Å². The maximum atomic E-state index is 12.1. The lowest BCUT2D eigenvalue weighted by Crippen LogP contribution is -2.37. The third kappa shape index (κ3) is 4.22. The van der Waals surface area contributed by atoms with Gasteiger partial charge in [-0.05, 0) is 43.4 Å². The SMILES string of the molecule is CSC1CC(=O)N(CC2CCC(C(=O)[Si]C(C)C)CC2)C1=O. The average molecular weight is 340 g/mol. The summed E-state index contributed by atoms with van der Waals surface area (Å²) in [4.78, 5) is 37.7. The van der Waals surface area contributed by atoms with E-state index in [9.17, 15) is 14.4 Å². The largest absolute Gasteiger partial charge is 0.306 e. The monoisotopic (exact) mass is 339 g/mol. The first-order chi connectivity index (χ1) is 10.4. The maximum absolute atomic E-state index is 12.1. The number of carbonyl (C=O) groups excluding carboxylic acids is 3. The van der Waals surface area contributed by atoms with E-state index in [4.69, 9.17) is 0 Å². The summed E-state index contributed by atoms with van der Waals surface area (Å²) >= 11 is 1.46. The van der Waals surface area contributed by atoms with Gasteiger partial charge in [0.25, 0.3) is 0 Å². The second-order valence-corrected chi connectivity index (χ2v) is 9.63. The van der Waals surface area contributed by atoms with E-state index in [1.54, 1.807) is 0 Å². The van der Waals surface area contributed by atoms with Gasteiger partial charge in [0, 0.05) is 18.9 Å². The normalized spacial score (nSPS) is 29.5. The summed E-state index contributed by atoms with van der Waals surface area (Å²) < 4.78 is 0. The zero-order valence-corrected chi connectivity index (χ0v) is 15.4. The van der Waals surface area contributed by atoms with E-state index in [2.05, 4.69) is 13.8 Å². The lowest BCUT2D eigenvalue weighted by atomic mass is 9.82. The first-order valence-corrected chi connectivity index (χ1v) is 10.5. The highest BCUT2D eigenvalue weighted by molar-refractivity contribution is 8.00. The smallest absolute Gasteiger partial charge is 0.242 e. The molecule has 1 atom stereocenters. The van der Waals surface area contributed by atoms with Crippen LogP contribution in [0.5, 0.6) is 0 Å². The van der Waals surface area contributed by atoms with E-state index in [0.717, 1.165) is 25.7 Å². The van der Waals surface area contributed by atoms with Crippen molar-refractivity contribution >= 4 is 38.5 Å². The van der Waals surface area contributed by atoms with E-state index in [1.165, 1.54) is 16.7 Å². The van der Waals surface area contributed by atoms with Crippen molar-refractivity contribution in [2.75, 3.05) is 12.8 Å². The molecule has 0 aromatic rings. The highest BCUT2D eigenvalue weighted by Crippen LogP contribution is 2.32. The number of imide groups is 1. The van der Waals surface area contributed by atoms with Crippen molar-refractivity contribution in [3.05, 3.63) is 0 Å². The van der Waals surface area contributed by atoms with E-state index in [0.29, 0.717) is 39.4 Å². The van der Waals surface area contributed by atoms with E-state index in [1.807, 2.05) is 6.26 Å². The summed E-state index contributed by atoms with van der Waals surface area (Å²) in [6.07, 6.45) is 5.99. The topological polar surface area (TPSA) is 54.5 Å². The second kappa shape index (κ2) is 7.77. The minimum atomic E-state index is -0.183. The maximum Gasteiger partial charge on any atom is 0.242 e. The van der Waals surface area contributed by atoms with Gasteiger partial charge in [-0.3, -0.25) is 14.5 Å². The molecule has 1 saturated heterocycles. The molecule has 2 amide bonds. The van der Waals surface area contributed by atoms with Gasteiger partial charge in [-0.2, -0.15) is 11.8 Å². The van der Waals surface area contributed by atoms with Crippen LogP contribution in [0.3, 0.4) is 0 Å². The molecule has 1 saturated carbocycles. The molecule has 2 fully saturated rings. The number of amides is 2. The molecule has 1 aliphatic carbocycles. The molecule has 2 aliphatic rings. The molecule has 0 aromatic carbocycles. The van der Waals surface area contributed by atoms with Crippen molar-refractivity contribution in [1.82, 2.24) is 4.90 Å². The van der Waals surface area contributed by atoms with Crippen LogP contribution in [0, 0.1) is 11.8 Å². The van der Waals surface area contributed by atoms with Gasteiger partial charge < -0.3 is 4.79 Å². The van der Waals surface area contributed by atoms with Gasteiger partial charge in [0.15, 0.2) is 0 Å². The van der Waals surface area contributed by atoms with Crippen LogP contribution in [0.2, 0.25) is 5.54 Å². The van der Waals surface area contributed by atoms with E-state index in [-0.39, 0.29) is 23.0 Å². The number of carbonyl (C=O) groups is 3. The summed E-state index contributed by atoms with van der Waals surface area (Å²) in [6.45, 7) is 4.74. The summed E-state index contributed by atoms with van der Waals surface area (Å²) in [5, 5.41) is 0.238. The molecule has 0 aromatic heterocycles. The lowest BCUT2D eigenvalue weighted by Gasteiger charge is -2.30. The molecule has 0 N–H and O–H groups in total. The van der Waals surface area contributed by atoms with Gasteiger partial charge in [-0.25, -0.2) is 0 Å². The molecular weight excluding hydrogens is 314 g/mol. The van der Waals surface area contributed by atoms with Crippen molar-refractivity contribution in [2.45, 2.75) is 56.7 Å². The fourth-order valence-electron chi connectivity index (χ4n) is 3.30. The molecule has 4 nitrogen and oxygen atoms in total. The molecule has 6 heteroatoms. The van der Waals surface area contributed by atoms with E-state index >= 15 is 0 Å². The average Bonchev–Trinajstić information content (AvgIpc) is 2.74. The Morgan fingerprint density at radius 2 is 1.91 bits per heavy atom. The molecule has 1 unspecified atom stereocenters. The van der Waals surface area contributed by atoms with Gasteiger partial charge in [0.2, 0.25) is 11.8 Å².